The molecule has 92 valence electrons. The van der Waals surface area contributed by atoms with Crippen LogP contribution in [0.3, 0.4) is 0 Å². The summed E-state index contributed by atoms with van der Waals surface area (Å²) < 4.78 is 0. The highest BCUT2D eigenvalue weighted by molar-refractivity contribution is 8.01. The van der Waals surface area contributed by atoms with Crippen molar-refractivity contribution in [3.05, 3.63) is 29.8 Å². The van der Waals surface area contributed by atoms with E-state index in [1.807, 2.05) is 12.1 Å². The van der Waals surface area contributed by atoms with Gasteiger partial charge in [-0.1, -0.05) is 24.1 Å². The number of carbonyl (C=O) groups excluding carboxylic acids is 1. The van der Waals surface area contributed by atoms with E-state index in [9.17, 15) is 4.79 Å². The van der Waals surface area contributed by atoms with Crippen molar-refractivity contribution >= 4 is 23.4 Å². The molecule has 18 heavy (non-hydrogen) atoms. The summed E-state index contributed by atoms with van der Waals surface area (Å²) in [6.45, 7) is 0.376. The zero-order chi connectivity index (χ0) is 12.6. The van der Waals surface area contributed by atoms with E-state index in [1.54, 1.807) is 16.7 Å². The first-order valence-corrected chi connectivity index (χ1v) is 6.98. The Kier molecular flexibility index (Phi) is 2.71. The van der Waals surface area contributed by atoms with Crippen molar-refractivity contribution in [2.24, 2.45) is 0 Å². The lowest BCUT2D eigenvalue weighted by Crippen LogP contribution is -2.52. The number of terminal acetylenes is 1. The highest BCUT2D eigenvalue weighted by Crippen LogP contribution is 2.44. The predicted octanol–water partition coefficient (Wildman–Crippen LogP) is 1.91. The minimum Gasteiger partial charge on any atom is -0.354 e. The molecule has 0 saturated carbocycles. The topological polar surface area (TPSA) is 32.3 Å². The Morgan fingerprint density at radius 3 is 3.17 bits per heavy atom. The fourth-order valence-electron chi connectivity index (χ4n) is 2.59. The molecule has 0 unspecified atom stereocenters. The van der Waals surface area contributed by atoms with E-state index in [0.717, 1.165) is 18.5 Å². The number of hydrogen-bond acceptors (Lipinski definition) is 3. The lowest BCUT2D eigenvalue weighted by atomic mass is 10.0. The van der Waals surface area contributed by atoms with Crippen molar-refractivity contribution < 1.29 is 4.79 Å². The number of rotatable bonds is 1. The minimum absolute atomic E-state index is 0.129. The van der Waals surface area contributed by atoms with E-state index >= 15 is 0 Å². The number of fused-ring (bicyclic) bond motifs is 1. The van der Waals surface area contributed by atoms with Gasteiger partial charge in [0.1, 0.15) is 0 Å². The molecule has 0 bridgehead atoms. The van der Waals surface area contributed by atoms with Crippen molar-refractivity contribution in [2.45, 2.75) is 17.8 Å². The quantitative estimate of drug-likeness (QED) is 0.781. The molecule has 3 nitrogen and oxygen atoms in total. The Hall–Kier alpha value is -1.60. The summed E-state index contributed by atoms with van der Waals surface area (Å²) in [6, 6.07) is 8.25. The largest absolute Gasteiger partial charge is 0.354 e. The van der Waals surface area contributed by atoms with Gasteiger partial charge in [0, 0.05) is 12.1 Å². The second-order valence-corrected chi connectivity index (χ2v) is 5.79. The highest BCUT2D eigenvalue weighted by atomic mass is 32.2. The summed E-state index contributed by atoms with van der Waals surface area (Å²) in [4.78, 5) is 13.4. The number of benzene rings is 1. The summed E-state index contributed by atoms with van der Waals surface area (Å²) in [5.41, 5.74) is 2.43. The van der Waals surface area contributed by atoms with Gasteiger partial charge in [-0.15, -0.1) is 18.2 Å². The molecule has 2 aliphatic heterocycles. The third kappa shape index (κ3) is 1.67. The Bertz CT molecular complexity index is 537. The second kappa shape index (κ2) is 4.25. The van der Waals surface area contributed by atoms with Gasteiger partial charge in [0.25, 0.3) is 0 Å². The summed E-state index contributed by atoms with van der Waals surface area (Å²) in [6.07, 6.45) is 7.26. The molecule has 0 aliphatic carbocycles. The van der Waals surface area contributed by atoms with Gasteiger partial charge >= 0.3 is 0 Å². The third-order valence-electron chi connectivity index (χ3n) is 3.50. The average Bonchev–Trinajstić information content (AvgIpc) is 2.69. The van der Waals surface area contributed by atoms with Crippen LogP contribution in [0.4, 0.5) is 5.69 Å². The van der Waals surface area contributed by atoms with Crippen LogP contribution < -0.4 is 5.32 Å². The first kappa shape index (κ1) is 11.5. The van der Waals surface area contributed by atoms with Crippen LogP contribution in [0.25, 0.3) is 0 Å². The SMILES string of the molecule is C#CCN1C(=O)CS[C@@]12CCc1ccccc1N2. The number of para-hydroxylation sites is 1. The number of aryl methyl sites for hydroxylation is 1. The van der Waals surface area contributed by atoms with Crippen LogP contribution in [0.1, 0.15) is 12.0 Å². The molecule has 0 aromatic heterocycles. The molecule has 0 radical (unpaired) electrons. The lowest BCUT2D eigenvalue weighted by molar-refractivity contribution is -0.129. The van der Waals surface area contributed by atoms with Crippen molar-refractivity contribution in [1.82, 2.24) is 4.90 Å². The second-order valence-electron chi connectivity index (χ2n) is 4.54. The zero-order valence-electron chi connectivity index (χ0n) is 9.98. The summed E-state index contributed by atoms with van der Waals surface area (Å²) in [7, 11) is 0. The smallest absolute Gasteiger partial charge is 0.236 e. The van der Waals surface area contributed by atoms with Crippen molar-refractivity contribution in [2.75, 3.05) is 17.6 Å². The fourth-order valence-corrected chi connectivity index (χ4v) is 3.86. The van der Waals surface area contributed by atoms with E-state index in [0.29, 0.717) is 12.3 Å². The number of carbonyl (C=O) groups is 1. The van der Waals surface area contributed by atoms with Crippen LogP contribution in [0, 0.1) is 12.3 Å². The van der Waals surface area contributed by atoms with Gasteiger partial charge in [-0.3, -0.25) is 9.69 Å². The fraction of sp³-hybridized carbons (Fsp3) is 0.357. The number of thioether (sulfide) groups is 1. The van der Waals surface area contributed by atoms with Crippen LogP contribution in [-0.4, -0.2) is 28.1 Å². The standard InChI is InChI=1S/C14H14N2OS/c1-2-9-16-13(17)10-18-14(16)8-7-11-5-3-4-6-12(11)15-14/h1,3-6,15H,7-10H2/t14-/m1/s1. The van der Waals surface area contributed by atoms with Crippen molar-refractivity contribution in [3.63, 3.8) is 0 Å². The molecule has 1 N–H and O–H groups in total. The van der Waals surface area contributed by atoms with Crippen LogP contribution in [0.2, 0.25) is 0 Å². The molecule has 1 amide bonds. The van der Waals surface area contributed by atoms with E-state index in [4.69, 9.17) is 6.42 Å². The monoisotopic (exact) mass is 258 g/mol. The van der Waals surface area contributed by atoms with Gasteiger partial charge in [0.15, 0.2) is 4.99 Å². The molecule has 2 heterocycles. The van der Waals surface area contributed by atoms with Gasteiger partial charge in [-0.25, -0.2) is 0 Å². The summed E-state index contributed by atoms with van der Waals surface area (Å²) in [5, 5.41) is 3.51. The van der Waals surface area contributed by atoms with Crippen LogP contribution in [0.15, 0.2) is 24.3 Å². The van der Waals surface area contributed by atoms with E-state index in [2.05, 4.69) is 23.4 Å². The minimum atomic E-state index is -0.336. The molecule has 1 atom stereocenters. The van der Waals surface area contributed by atoms with Crippen molar-refractivity contribution in [1.29, 1.82) is 0 Å². The van der Waals surface area contributed by atoms with Crippen LogP contribution in [-0.2, 0) is 11.2 Å². The first-order valence-electron chi connectivity index (χ1n) is 5.99. The number of amides is 1. The molecule has 1 aromatic carbocycles. The zero-order valence-corrected chi connectivity index (χ0v) is 10.8. The highest BCUT2D eigenvalue weighted by Gasteiger charge is 2.47. The Balaban J connectivity index is 1.94. The lowest BCUT2D eigenvalue weighted by Gasteiger charge is -2.41. The Labute approximate surface area is 111 Å². The van der Waals surface area contributed by atoms with E-state index < -0.39 is 0 Å². The van der Waals surface area contributed by atoms with Gasteiger partial charge in [-0.2, -0.15) is 0 Å². The number of hydrogen-bond donors (Lipinski definition) is 1. The number of nitrogens with zero attached hydrogens (tertiary/aromatic N) is 1. The molecule has 3 rings (SSSR count). The van der Waals surface area contributed by atoms with Gasteiger partial charge in [0.2, 0.25) is 5.91 Å². The van der Waals surface area contributed by atoms with Crippen molar-refractivity contribution in [3.8, 4) is 12.3 Å². The Morgan fingerprint density at radius 2 is 2.33 bits per heavy atom. The maximum atomic E-state index is 11.9. The summed E-state index contributed by atoms with van der Waals surface area (Å²) in [5.74, 6) is 3.23. The Morgan fingerprint density at radius 1 is 1.50 bits per heavy atom. The van der Waals surface area contributed by atoms with Crippen LogP contribution in [0.5, 0.6) is 0 Å². The van der Waals surface area contributed by atoms with Gasteiger partial charge in [0.05, 0.1) is 12.3 Å². The molecular weight excluding hydrogens is 244 g/mol. The molecule has 4 heteroatoms. The third-order valence-corrected chi connectivity index (χ3v) is 4.90. The predicted molar refractivity (Wildman–Crippen MR) is 74.1 cm³/mol. The molecule has 1 spiro atoms. The summed E-state index contributed by atoms with van der Waals surface area (Å²) >= 11 is 1.66. The average molecular weight is 258 g/mol. The maximum absolute atomic E-state index is 11.9. The molecule has 1 saturated heterocycles. The molecule has 1 fully saturated rings. The molecule has 2 aliphatic rings. The number of nitrogens with one attached hydrogen (secondary N) is 1. The normalized spacial score (nSPS) is 25.7. The van der Waals surface area contributed by atoms with Gasteiger partial charge in [-0.05, 0) is 18.1 Å². The van der Waals surface area contributed by atoms with E-state index in [1.165, 1.54) is 5.56 Å². The first-order chi connectivity index (χ1) is 8.75. The van der Waals surface area contributed by atoms with Gasteiger partial charge < -0.3 is 5.32 Å². The van der Waals surface area contributed by atoms with Crippen LogP contribution >= 0.6 is 11.8 Å². The maximum Gasteiger partial charge on any atom is 0.236 e. The van der Waals surface area contributed by atoms with E-state index in [-0.39, 0.29) is 10.9 Å². The molecular formula is C14H14N2OS. The molecule has 1 aromatic rings. The number of anilines is 1.